The summed E-state index contributed by atoms with van der Waals surface area (Å²) in [6.45, 7) is 6.70. The summed E-state index contributed by atoms with van der Waals surface area (Å²) in [7, 11) is 1.66. The van der Waals surface area contributed by atoms with E-state index in [0.717, 1.165) is 11.3 Å². The molecule has 0 saturated heterocycles. The van der Waals surface area contributed by atoms with Crippen LogP contribution < -0.4 is 15.8 Å². The van der Waals surface area contributed by atoms with Gasteiger partial charge in [0.25, 0.3) is 0 Å². The van der Waals surface area contributed by atoms with E-state index in [2.05, 4.69) is 16.4 Å². The van der Waals surface area contributed by atoms with Crippen LogP contribution in [-0.2, 0) is 6.54 Å². The summed E-state index contributed by atoms with van der Waals surface area (Å²) >= 11 is 0. The Labute approximate surface area is 103 Å². The van der Waals surface area contributed by atoms with Crippen molar-refractivity contribution in [1.82, 2.24) is 5.32 Å². The first-order valence-electron chi connectivity index (χ1n) is 5.75. The van der Waals surface area contributed by atoms with Crippen LogP contribution in [0.3, 0.4) is 0 Å². The van der Waals surface area contributed by atoms with Gasteiger partial charge in [-0.1, -0.05) is 12.1 Å². The minimum Gasteiger partial charge on any atom is -0.491 e. The van der Waals surface area contributed by atoms with Gasteiger partial charge in [-0.15, -0.1) is 0 Å². The first kappa shape index (κ1) is 13.4. The van der Waals surface area contributed by atoms with E-state index in [1.165, 1.54) is 5.56 Å². The quantitative estimate of drug-likeness (QED) is 0.618. The maximum atomic E-state index is 5.77. The lowest BCUT2D eigenvalue weighted by atomic mass is 10.1. The van der Waals surface area contributed by atoms with Gasteiger partial charge in [0.1, 0.15) is 5.75 Å². The number of rotatable bonds is 4. The molecule has 1 aromatic carbocycles. The maximum Gasteiger partial charge on any atom is 0.188 e. The monoisotopic (exact) mass is 235 g/mol. The number of nitrogens with two attached hydrogens (primary N) is 1. The van der Waals surface area contributed by atoms with Crippen LogP contribution in [0.25, 0.3) is 0 Å². The predicted molar refractivity (Wildman–Crippen MR) is 71.3 cm³/mol. The molecule has 0 amide bonds. The second kappa shape index (κ2) is 6.13. The van der Waals surface area contributed by atoms with E-state index in [9.17, 15) is 0 Å². The van der Waals surface area contributed by atoms with Crippen LogP contribution >= 0.6 is 0 Å². The van der Waals surface area contributed by atoms with Crippen LogP contribution in [-0.4, -0.2) is 19.1 Å². The molecule has 0 fully saturated rings. The molecule has 0 spiro atoms. The molecule has 4 heteroatoms. The fourth-order valence-electron chi connectivity index (χ4n) is 1.44. The highest BCUT2D eigenvalue weighted by molar-refractivity contribution is 5.77. The zero-order valence-electron chi connectivity index (χ0n) is 10.9. The number of aliphatic imine (C=N–C) groups is 1. The van der Waals surface area contributed by atoms with Crippen LogP contribution in [0.1, 0.15) is 25.0 Å². The number of hydrogen-bond acceptors (Lipinski definition) is 2. The van der Waals surface area contributed by atoms with E-state index in [1.807, 2.05) is 32.9 Å². The van der Waals surface area contributed by atoms with Gasteiger partial charge < -0.3 is 15.8 Å². The van der Waals surface area contributed by atoms with E-state index < -0.39 is 0 Å². The molecule has 3 N–H and O–H groups in total. The lowest BCUT2D eigenvalue weighted by Gasteiger charge is -2.15. The average molecular weight is 235 g/mol. The Kier molecular flexibility index (Phi) is 4.82. The van der Waals surface area contributed by atoms with Crippen LogP contribution in [0.4, 0.5) is 0 Å². The molecular weight excluding hydrogens is 214 g/mol. The molecule has 1 rings (SSSR count). The Bertz CT molecular complexity index is 400. The van der Waals surface area contributed by atoms with Crippen molar-refractivity contribution in [3.05, 3.63) is 29.3 Å². The third kappa shape index (κ3) is 4.34. The van der Waals surface area contributed by atoms with Crippen molar-refractivity contribution in [3.8, 4) is 5.75 Å². The maximum absolute atomic E-state index is 5.77. The van der Waals surface area contributed by atoms with Crippen molar-refractivity contribution in [2.45, 2.75) is 33.4 Å². The van der Waals surface area contributed by atoms with Crippen LogP contribution in [0.5, 0.6) is 5.75 Å². The Morgan fingerprint density at radius 1 is 1.47 bits per heavy atom. The lowest BCUT2D eigenvalue weighted by Crippen LogP contribution is -2.31. The molecular formula is C13H21N3O. The highest BCUT2D eigenvalue weighted by atomic mass is 16.5. The van der Waals surface area contributed by atoms with Crippen molar-refractivity contribution in [3.63, 3.8) is 0 Å². The van der Waals surface area contributed by atoms with Gasteiger partial charge in [-0.2, -0.15) is 0 Å². The van der Waals surface area contributed by atoms with Gasteiger partial charge in [-0.05, 0) is 32.4 Å². The summed E-state index contributed by atoms with van der Waals surface area (Å²) in [6, 6.07) is 6.14. The van der Waals surface area contributed by atoms with Crippen LogP contribution in [0.15, 0.2) is 23.2 Å². The summed E-state index contributed by atoms with van der Waals surface area (Å²) in [5.74, 6) is 1.33. The molecule has 0 bridgehead atoms. The molecule has 0 saturated carbocycles. The summed E-state index contributed by atoms with van der Waals surface area (Å²) in [5, 5.41) is 3.03. The minimum absolute atomic E-state index is 0.160. The largest absolute Gasteiger partial charge is 0.491 e. The smallest absolute Gasteiger partial charge is 0.188 e. The molecule has 0 aliphatic carbocycles. The summed E-state index contributed by atoms with van der Waals surface area (Å²) in [5.41, 5.74) is 7.86. The summed E-state index contributed by atoms with van der Waals surface area (Å²) in [6.07, 6.45) is 0.160. The number of hydrogen-bond donors (Lipinski definition) is 2. The third-order valence-corrected chi connectivity index (χ3v) is 2.29. The van der Waals surface area contributed by atoms with E-state index in [0.29, 0.717) is 12.5 Å². The zero-order chi connectivity index (χ0) is 12.8. The van der Waals surface area contributed by atoms with Gasteiger partial charge in [-0.25, -0.2) is 0 Å². The fourth-order valence-corrected chi connectivity index (χ4v) is 1.44. The molecule has 0 atom stereocenters. The fraction of sp³-hybridized carbons (Fsp3) is 0.462. The number of ether oxygens (including phenoxy) is 1. The van der Waals surface area contributed by atoms with E-state index in [-0.39, 0.29) is 6.10 Å². The Hall–Kier alpha value is -1.71. The minimum atomic E-state index is 0.160. The predicted octanol–water partition coefficient (Wildman–Crippen LogP) is 1.82. The van der Waals surface area contributed by atoms with Gasteiger partial charge in [0, 0.05) is 19.2 Å². The van der Waals surface area contributed by atoms with E-state index in [1.54, 1.807) is 7.05 Å². The second-order valence-corrected chi connectivity index (χ2v) is 4.24. The Morgan fingerprint density at radius 3 is 2.76 bits per heavy atom. The number of benzene rings is 1. The van der Waals surface area contributed by atoms with Crippen molar-refractivity contribution in [1.29, 1.82) is 0 Å². The molecule has 0 aliphatic rings. The van der Waals surface area contributed by atoms with E-state index in [4.69, 9.17) is 10.5 Å². The van der Waals surface area contributed by atoms with Crippen molar-refractivity contribution >= 4 is 5.96 Å². The van der Waals surface area contributed by atoms with Gasteiger partial charge in [-0.3, -0.25) is 4.99 Å². The standard InChI is InChI=1S/C13H21N3O/c1-9(2)17-12-7-10(3)5-6-11(12)8-16-13(14)15-4/h5-7,9H,8H2,1-4H3,(H3,14,15,16). The van der Waals surface area contributed by atoms with Crippen LogP contribution in [0, 0.1) is 6.92 Å². The number of guanidine groups is 1. The highest BCUT2D eigenvalue weighted by Crippen LogP contribution is 2.21. The number of nitrogens with zero attached hydrogens (tertiary/aromatic N) is 1. The SMILES string of the molecule is CN=C(N)NCc1ccc(C)cc1OC(C)C. The molecule has 0 heterocycles. The third-order valence-electron chi connectivity index (χ3n) is 2.29. The molecule has 4 nitrogen and oxygen atoms in total. The van der Waals surface area contributed by atoms with Gasteiger partial charge in [0.05, 0.1) is 6.10 Å². The lowest BCUT2D eigenvalue weighted by molar-refractivity contribution is 0.239. The van der Waals surface area contributed by atoms with E-state index >= 15 is 0 Å². The number of aryl methyl sites for hydroxylation is 1. The normalized spacial score (nSPS) is 11.7. The van der Waals surface area contributed by atoms with Gasteiger partial charge in [0.15, 0.2) is 5.96 Å². The van der Waals surface area contributed by atoms with Crippen molar-refractivity contribution in [2.24, 2.45) is 10.7 Å². The highest BCUT2D eigenvalue weighted by Gasteiger charge is 2.06. The molecule has 0 aliphatic heterocycles. The van der Waals surface area contributed by atoms with Crippen molar-refractivity contribution in [2.75, 3.05) is 7.05 Å². The van der Waals surface area contributed by atoms with Gasteiger partial charge >= 0.3 is 0 Å². The summed E-state index contributed by atoms with van der Waals surface area (Å²) in [4.78, 5) is 3.85. The molecule has 94 valence electrons. The first-order chi connectivity index (χ1) is 8.02. The second-order valence-electron chi connectivity index (χ2n) is 4.24. The number of nitrogens with one attached hydrogen (secondary N) is 1. The molecule has 1 aromatic rings. The topological polar surface area (TPSA) is 59.6 Å². The summed E-state index contributed by atoms with van der Waals surface area (Å²) < 4.78 is 5.77. The molecule has 0 radical (unpaired) electrons. The van der Waals surface area contributed by atoms with Crippen LogP contribution in [0.2, 0.25) is 0 Å². The zero-order valence-corrected chi connectivity index (χ0v) is 10.9. The Morgan fingerprint density at radius 2 is 2.18 bits per heavy atom. The van der Waals surface area contributed by atoms with Gasteiger partial charge in [0.2, 0.25) is 0 Å². The molecule has 0 aromatic heterocycles. The van der Waals surface area contributed by atoms with Crippen molar-refractivity contribution < 1.29 is 4.74 Å². The average Bonchev–Trinajstić information content (AvgIpc) is 2.26. The molecule has 17 heavy (non-hydrogen) atoms. The Balaban J connectivity index is 2.82. The molecule has 0 unspecified atom stereocenters. The first-order valence-corrected chi connectivity index (χ1v) is 5.75.